The Morgan fingerprint density at radius 2 is 2.26 bits per heavy atom. The number of nitrogens with zero attached hydrogens (tertiary/aromatic N) is 2. The van der Waals surface area contributed by atoms with Gasteiger partial charge in [-0.25, -0.2) is 13.4 Å². The predicted octanol–water partition coefficient (Wildman–Crippen LogP) is 2.97. The number of thiophene rings is 1. The lowest BCUT2D eigenvalue weighted by molar-refractivity contribution is 0.319. The van der Waals surface area contributed by atoms with Gasteiger partial charge in [-0.3, -0.25) is 4.72 Å². The van der Waals surface area contributed by atoms with E-state index in [-0.39, 0.29) is 9.34 Å². The SMILES string of the molecule is CC(=NO)c1csc(NS(=O)(=O)c2ccc(Br)s2)n1. The van der Waals surface area contributed by atoms with Crippen LogP contribution in [0.5, 0.6) is 0 Å². The number of aromatic nitrogens is 1. The minimum Gasteiger partial charge on any atom is -0.411 e. The molecule has 0 radical (unpaired) electrons. The van der Waals surface area contributed by atoms with Crippen LogP contribution in [0.15, 0.2) is 30.7 Å². The maximum atomic E-state index is 12.0. The molecular formula is C9H8BrN3O3S3. The molecule has 19 heavy (non-hydrogen) atoms. The number of rotatable bonds is 4. The van der Waals surface area contributed by atoms with E-state index in [2.05, 4.69) is 30.8 Å². The second-order valence-corrected chi connectivity index (χ2v) is 8.62. The minimum atomic E-state index is -3.63. The van der Waals surface area contributed by atoms with Crippen LogP contribution in [0, 0.1) is 0 Å². The molecule has 0 spiro atoms. The van der Waals surface area contributed by atoms with E-state index in [4.69, 9.17) is 5.21 Å². The normalized spacial score (nSPS) is 12.6. The monoisotopic (exact) mass is 381 g/mol. The molecule has 0 aliphatic rings. The Balaban J connectivity index is 2.24. The van der Waals surface area contributed by atoms with E-state index in [9.17, 15) is 8.42 Å². The predicted molar refractivity (Wildman–Crippen MR) is 78.9 cm³/mol. The summed E-state index contributed by atoms with van der Waals surface area (Å²) in [5.41, 5.74) is 0.748. The Labute approximate surface area is 126 Å². The average Bonchev–Trinajstić information content (AvgIpc) is 2.97. The first-order valence-electron chi connectivity index (χ1n) is 4.85. The second kappa shape index (κ2) is 5.57. The molecule has 0 aromatic carbocycles. The molecule has 0 unspecified atom stereocenters. The van der Waals surface area contributed by atoms with Crippen molar-refractivity contribution in [2.45, 2.75) is 11.1 Å². The Morgan fingerprint density at radius 3 is 2.84 bits per heavy atom. The quantitative estimate of drug-likeness (QED) is 0.483. The Morgan fingerprint density at radius 1 is 1.53 bits per heavy atom. The van der Waals surface area contributed by atoms with Gasteiger partial charge < -0.3 is 5.21 Å². The molecule has 2 heterocycles. The first kappa shape index (κ1) is 14.4. The van der Waals surface area contributed by atoms with Gasteiger partial charge in [-0.15, -0.1) is 22.7 Å². The zero-order valence-corrected chi connectivity index (χ0v) is 13.5. The molecule has 2 N–H and O–H groups in total. The van der Waals surface area contributed by atoms with Crippen LogP contribution < -0.4 is 4.72 Å². The summed E-state index contributed by atoms with van der Waals surface area (Å²) in [7, 11) is -3.63. The highest BCUT2D eigenvalue weighted by molar-refractivity contribution is 9.11. The number of nitrogens with one attached hydrogen (secondary N) is 1. The van der Waals surface area contributed by atoms with Crippen molar-refractivity contribution < 1.29 is 13.6 Å². The van der Waals surface area contributed by atoms with Gasteiger partial charge in [0, 0.05) is 5.38 Å². The summed E-state index contributed by atoms with van der Waals surface area (Å²) >= 11 is 5.44. The topological polar surface area (TPSA) is 91.7 Å². The van der Waals surface area contributed by atoms with E-state index in [0.29, 0.717) is 11.4 Å². The molecule has 6 nitrogen and oxygen atoms in total. The highest BCUT2D eigenvalue weighted by atomic mass is 79.9. The summed E-state index contributed by atoms with van der Waals surface area (Å²) in [6.45, 7) is 1.57. The first-order valence-corrected chi connectivity index (χ1v) is 8.82. The van der Waals surface area contributed by atoms with Gasteiger partial charge in [-0.1, -0.05) is 5.16 Å². The summed E-state index contributed by atoms with van der Waals surface area (Å²) in [5.74, 6) is 0. The van der Waals surface area contributed by atoms with E-state index in [0.717, 1.165) is 26.5 Å². The Kier molecular flexibility index (Phi) is 4.23. The first-order chi connectivity index (χ1) is 8.92. The molecule has 2 rings (SSSR count). The zero-order chi connectivity index (χ0) is 14.0. The number of halogens is 1. The lowest BCUT2D eigenvalue weighted by atomic mass is 10.3. The van der Waals surface area contributed by atoms with Gasteiger partial charge in [0.25, 0.3) is 10.0 Å². The van der Waals surface area contributed by atoms with Crippen molar-refractivity contribution in [2.24, 2.45) is 5.16 Å². The van der Waals surface area contributed by atoms with Crippen molar-refractivity contribution in [3.63, 3.8) is 0 Å². The molecule has 0 amide bonds. The molecule has 0 aliphatic heterocycles. The van der Waals surface area contributed by atoms with Crippen molar-refractivity contribution in [1.82, 2.24) is 4.98 Å². The summed E-state index contributed by atoms with van der Waals surface area (Å²) in [5, 5.41) is 13.5. The maximum absolute atomic E-state index is 12.0. The van der Waals surface area contributed by atoms with Gasteiger partial charge >= 0.3 is 0 Å². The fourth-order valence-electron chi connectivity index (χ4n) is 1.15. The lowest BCUT2D eigenvalue weighted by Gasteiger charge is -2.01. The zero-order valence-electron chi connectivity index (χ0n) is 9.49. The van der Waals surface area contributed by atoms with Gasteiger partial charge in [-0.2, -0.15) is 0 Å². The number of thiazole rings is 1. The van der Waals surface area contributed by atoms with Gasteiger partial charge in [-0.05, 0) is 35.0 Å². The molecule has 0 saturated heterocycles. The van der Waals surface area contributed by atoms with Crippen molar-refractivity contribution in [3.8, 4) is 0 Å². The molecule has 2 aromatic heterocycles. The fourth-order valence-corrected chi connectivity index (χ4v) is 5.16. The number of hydrogen-bond donors (Lipinski definition) is 2. The number of anilines is 1. The van der Waals surface area contributed by atoms with Crippen LogP contribution in [-0.2, 0) is 10.0 Å². The van der Waals surface area contributed by atoms with Crippen molar-refractivity contribution >= 4 is 59.5 Å². The third-order valence-corrected chi connectivity index (χ3v) is 6.40. The van der Waals surface area contributed by atoms with Gasteiger partial charge in [0.15, 0.2) is 5.13 Å². The summed E-state index contributed by atoms with van der Waals surface area (Å²) < 4.78 is 27.4. The molecule has 0 aliphatic carbocycles. The number of oxime groups is 1. The van der Waals surface area contributed by atoms with E-state index in [1.165, 1.54) is 6.07 Å². The van der Waals surface area contributed by atoms with Crippen molar-refractivity contribution in [3.05, 3.63) is 27.0 Å². The lowest BCUT2D eigenvalue weighted by Crippen LogP contribution is -2.11. The van der Waals surface area contributed by atoms with Crippen molar-refractivity contribution in [2.75, 3.05) is 4.72 Å². The highest BCUT2D eigenvalue weighted by Crippen LogP contribution is 2.28. The van der Waals surface area contributed by atoms with Crippen LogP contribution in [0.25, 0.3) is 0 Å². The summed E-state index contributed by atoms with van der Waals surface area (Å²) in [6, 6.07) is 3.17. The Hall–Kier alpha value is -0.970. The molecular weight excluding hydrogens is 374 g/mol. The molecule has 0 bridgehead atoms. The second-order valence-electron chi connectivity index (χ2n) is 3.39. The highest BCUT2D eigenvalue weighted by Gasteiger charge is 2.18. The smallest absolute Gasteiger partial charge is 0.273 e. The van der Waals surface area contributed by atoms with Gasteiger partial charge in [0.1, 0.15) is 15.6 Å². The minimum absolute atomic E-state index is 0.198. The summed E-state index contributed by atoms with van der Waals surface area (Å²) in [4.78, 5) is 4.03. The van der Waals surface area contributed by atoms with Crippen LogP contribution in [0.3, 0.4) is 0 Å². The van der Waals surface area contributed by atoms with Crippen LogP contribution in [-0.4, -0.2) is 24.3 Å². The number of sulfonamides is 1. The van der Waals surface area contributed by atoms with E-state index < -0.39 is 10.0 Å². The average molecular weight is 382 g/mol. The van der Waals surface area contributed by atoms with Crippen molar-refractivity contribution in [1.29, 1.82) is 0 Å². The third-order valence-electron chi connectivity index (χ3n) is 2.06. The standard InChI is InChI=1S/C9H8BrN3O3S3/c1-5(12-14)6-4-17-9(11-6)13-19(15,16)8-3-2-7(10)18-8/h2-4,14H,1H3,(H,11,13). The van der Waals surface area contributed by atoms with Gasteiger partial charge in [0.2, 0.25) is 0 Å². The maximum Gasteiger partial charge on any atom is 0.273 e. The Bertz CT molecular complexity index is 720. The van der Waals surface area contributed by atoms with Crippen LogP contribution in [0.2, 0.25) is 0 Å². The van der Waals surface area contributed by atoms with E-state index in [1.54, 1.807) is 18.4 Å². The van der Waals surface area contributed by atoms with Crippen LogP contribution in [0.1, 0.15) is 12.6 Å². The molecule has 2 aromatic rings. The molecule has 102 valence electrons. The van der Waals surface area contributed by atoms with E-state index in [1.807, 2.05) is 0 Å². The molecule has 0 fully saturated rings. The largest absolute Gasteiger partial charge is 0.411 e. The van der Waals surface area contributed by atoms with Gasteiger partial charge in [0.05, 0.1) is 3.79 Å². The van der Waals surface area contributed by atoms with Crippen LogP contribution >= 0.6 is 38.6 Å². The molecule has 0 saturated carbocycles. The molecule has 10 heteroatoms. The third kappa shape index (κ3) is 3.32. The summed E-state index contributed by atoms with van der Waals surface area (Å²) in [6.07, 6.45) is 0. The number of hydrogen-bond acceptors (Lipinski definition) is 7. The van der Waals surface area contributed by atoms with Crippen LogP contribution in [0.4, 0.5) is 5.13 Å². The van der Waals surface area contributed by atoms with E-state index >= 15 is 0 Å². The fraction of sp³-hybridized carbons (Fsp3) is 0.111. The molecule has 0 atom stereocenters.